The first kappa shape index (κ1) is 24.8. The molecule has 0 aliphatic carbocycles. The second-order valence-corrected chi connectivity index (χ2v) is 4.31. The molecule has 0 atom stereocenters. The summed E-state index contributed by atoms with van der Waals surface area (Å²) in [5.74, 6) is 0. The molecule has 0 radical (unpaired) electrons. The Kier molecular flexibility index (Phi) is 15.6. The van der Waals surface area contributed by atoms with Gasteiger partial charge in [-0.3, -0.25) is 0 Å². The molecule has 0 N–H and O–H groups in total. The largest absolute Gasteiger partial charge is 4.00 e. The summed E-state index contributed by atoms with van der Waals surface area (Å²) in [6.45, 7) is 6.00. The molecule has 0 heterocycles. The maximum absolute atomic E-state index is 8.25. The van der Waals surface area contributed by atoms with E-state index in [4.69, 9.17) is 5.11 Å². The van der Waals surface area contributed by atoms with Gasteiger partial charge in [0, 0.05) is 0 Å². The molecule has 0 aliphatic rings. The molecule has 0 bridgehead atoms. The van der Waals surface area contributed by atoms with Crippen molar-refractivity contribution in [1.29, 1.82) is 0 Å². The second kappa shape index (κ2) is 15.1. The third kappa shape index (κ3) is 7.40. The molecule has 0 spiro atoms. The quantitative estimate of drug-likeness (QED) is 0.318. The Bertz CT molecular complexity index is 647. The third-order valence-electron chi connectivity index (χ3n) is 3.10. The average molecular weight is 416 g/mol. The van der Waals surface area contributed by atoms with Crippen LogP contribution in [0.15, 0.2) is 98.1 Å². The summed E-state index contributed by atoms with van der Waals surface area (Å²) in [7, 11) is 0.750. The maximum Gasteiger partial charge on any atom is 4.00 e. The summed E-state index contributed by atoms with van der Waals surface area (Å²) >= 11 is 0. The van der Waals surface area contributed by atoms with E-state index >= 15 is 0 Å². The van der Waals surface area contributed by atoms with Crippen LogP contribution >= 0.6 is 0 Å². The van der Waals surface area contributed by atoms with Gasteiger partial charge in [0.05, 0.1) is 0 Å². The SMILES string of the molecule is C=C.C[O-].[Cl-].[Zr+4].c1ccc2[cH-]ccc2c1.c1ccc2[cH-]ccc2c1. The summed E-state index contributed by atoms with van der Waals surface area (Å²) in [6, 6.07) is 29.3. The summed E-state index contributed by atoms with van der Waals surface area (Å²) < 4.78 is 0. The van der Waals surface area contributed by atoms with E-state index in [1.807, 2.05) is 0 Å². The molecule has 122 valence electrons. The van der Waals surface area contributed by atoms with Crippen LogP contribution in [-0.2, 0) is 26.2 Å². The Labute approximate surface area is 169 Å². The van der Waals surface area contributed by atoms with Gasteiger partial charge in [0.15, 0.2) is 0 Å². The smallest absolute Gasteiger partial charge is 1.00 e. The minimum atomic E-state index is 0. The van der Waals surface area contributed by atoms with Crippen LogP contribution in [0.5, 0.6) is 0 Å². The van der Waals surface area contributed by atoms with Crippen LogP contribution in [0.3, 0.4) is 0 Å². The number of hydrogen-bond acceptors (Lipinski definition) is 1. The van der Waals surface area contributed by atoms with E-state index in [1.54, 1.807) is 0 Å². The molecule has 4 rings (SSSR count). The summed E-state index contributed by atoms with van der Waals surface area (Å²) in [6.07, 6.45) is 0. The fraction of sp³-hybridized carbons (Fsp3) is 0.0476. The third-order valence-corrected chi connectivity index (χ3v) is 3.10. The molecule has 4 aromatic rings. The molecule has 0 unspecified atom stereocenters. The van der Waals surface area contributed by atoms with Crippen molar-refractivity contribution in [2.45, 2.75) is 0 Å². The van der Waals surface area contributed by atoms with Crippen molar-refractivity contribution in [3.05, 3.63) is 98.1 Å². The van der Waals surface area contributed by atoms with Crippen LogP contribution < -0.4 is 17.5 Å². The van der Waals surface area contributed by atoms with E-state index < -0.39 is 0 Å². The first-order valence-electron chi connectivity index (χ1n) is 7.05. The van der Waals surface area contributed by atoms with Crippen molar-refractivity contribution in [3.63, 3.8) is 0 Å². The van der Waals surface area contributed by atoms with E-state index in [0.29, 0.717) is 0 Å². The first-order valence-corrected chi connectivity index (χ1v) is 7.05. The van der Waals surface area contributed by atoms with Crippen LogP contribution in [0.2, 0.25) is 0 Å². The molecular formula is C21H21ClOZr. The standard InChI is InChI=1S/2C9H7.C2H4.CH3O.ClH.Zr/c2*1-2-5-9-7-3-6-8(9)4-1;2*1-2;;/h2*1-7H;1-2H2;1H3;1H;/q2*-1;;-1;;+4/p-1. The molecule has 0 saturated heterocycles. The average Bonchev–Trinajstić information content (AvgIpc) is 3.28. The second-order valence-electron chi connectivity index (χ2n) is 4.31. The Balaban J connectivity index is 0. The first-order chi connectivity index (χ1) is 10.9. The van der Waals surface area contributed by atoms with Gasteiger partial charge in [-0.05, 0) is 0 Å². The van der Waals surface area contributed by atoms with E-state index in [-0.39, 0.29) is 38.6 Å². The molecule has 0 saturated carbocycles. The van der Waals surface area contributed by atoms with E-state index in [9.17, 15) is 0 Å². The van der Waals surface area contributed by atoms with Gasteiger partial charge in [-0.15, -0.1) is 72.5 Å². The van der Waals surface area contributed by atoms with Gasteiger partial charge in [0.1, 0.15) is 0 Å². The van der Waals surface area contributed by atoms with E-state index in [0.717, 1.165) is 7.11 Å². The van der Waals surface area contributed by atoms with Crippen LogP contribution in [0.1, 0.15) is 0 Å². The fourth-order valence-electron chi connectivity index (χ4n) is 2.14. The van der Waals surface area contributed by atoms with Gasteiger partial charge in [0.25, 0.3) is 0 Å². The van der Waals surface area contributed by atoms with Gasteiger partial charge in [-0.1, -0.05) is 12.1 Å². The topological polar surface area (TPSA) is 23.1 Å². The minimum Gasteiger partial charge on any atom is -1.00 e. The number of rotatable bonds is 0. The fourth-order valence-corrected chi connectivity index (χ4v) is 2.14. The van der Waals surface area contributed by atoms with Gasteiger partial charge < -0.3 is 17.5 Å². The molecule has 3 heteroatoms. The summed E-state index contributed by atoms with van der Waals surface area (Å²) in [5, 5.41) is 13.6. The molecule has 4 aromatic carbocycles. The molecule has 24 heavy (non-hydrogen) atoms. The van der Waals surface area contributed by atoms with Crippen molar-refractivity contribution < 1.29 is 43.7 Å². The van der Waals surface area contributed by atoms with Crippen molar-refractivity contribution in [2.75, 3.05) is 7.11 Å². The Morgan fingerprint density at radius 1 is 0.667 bits per heavy atom. The van der Waals surface area contributed by atoms with Crippen molar-refractivity contribution in [3.8, 4) is 0 Å². The monoisotopic (exact) mass is 414 g/mol. The zero-order valence-corrected chi connectivity index (χ0v) is 17.0. The van der Waals surface area contributed by atoms with Crippen molar-refractivity contribution in [1.82, 2.24) is 0 Å². The number of hydrogen-bond donors (Lipinski definition) is 0. The Hall–Kier alpha value is -1.47. The molecule has 0 aliphatic heterocycles. The van der Waals surface area contributed by atoms with Crippen LogP contribution in [0.25, 0.3) is 21.5 Å². The molecular weight excluding hydrogens is 395 g/mol. The van der Waals surface area contributed by atoms with Gasteiger partial charge >= 0.3 is 26.2 Å². The molecule has 1 nitrogen and oxygen atoms in total. The molecule has 0 amide bonds. The summed E-state index contributed by atoms with van der Waals surface area (Å²) in [5.41, 5.74) is 0. The maximum atomic E-state index is 8.25. The Morgan fingerprint density at radius 3 is 1.33 bits per heavy atom. The van der Waals surface area contributed by atoms with Crippen LogP contribution in [0, 0.1) is 0 Å². The zero-order valence-electron chi connectivity index (χ0n) is 13.8. The van der Waals surface area contributed by atoms with Crippen LogP contribution in [0.4, 0.5) is 0 Å². The minimum absolute atomic E-state index is 0. The number of halogens is 1. The number of benzene rings is 2. The van der Waals surface area contributed by atoms with Crippen molar-refractivity contribution in [2.24, 2.45) is 0 Å². The number of fused-ring (bicyclic) bond motifs is 2. The molecule has 0 fully saturated rings. The Morgan fingerprint density at radius 2 is 1.00 bits per heavy atom. The van der Waals surface area contributed by atoms with Gasteiger partial charge in [-0.25, -0.2) is 0 Å². The van der Waals surface area contributed by atoms with Gasteiger partial charge in [0.2, 0.25) is 0 Å². The van der Waals surface area contributed by atoms with E-state index in [2.05, 4.69) is 98.1 Å². The molecule has 0 aromatic heterocycles. The normalized spacial score (nSPS) is 8.08. The van der Waals surface area contributed by atoms with Crippen LogP contribution in [-0.4, -0.2) is 7.11 Å². The predicted molar refractivity (Wildman–Crippen MR) is 96.3 cm³/mol. The predicted octanol–water partition coefficient (Wildman–Crippen LogP) is 1.90. The summed E-state index contributed by atoms with van der Waals surface area (Å²) in [4.78, 5) is 0. The van der Waals surface area contributed by atoms with Crippen molar-refractivity contribution >= 4 is 21.5 Å². The zero-order chi connectivity index (χ0) is 16.2. The van der Waals surface area contributed by atoms with E-state index in [1.165, 1.54) is 21.5 Å². The van der Waals surface area contributed by atoms with Gasteiger partial charge in [-0.2, -0.15) is 42.1 Å².